The summed E-state index contributed by atoms with van der Waals surface area (Å²) in [6.07, 6.45) is 1.15. The van der Waals surface area contributed by atoms with Gasteiger partial charge in [0.05, 0.1) is 18.8 Å². The third kappa shape index (κ3) is 3.06. The van der Waals surface area contributed by atoms with Crippen molar-refractivity contribution < 1.29 is 20.4 Å². The molecule has 0 saturated carbocycles. The minimum atomic E-state index is -0.964. The minimum absolute atomic E-state index is 0.0104. The molecular weight excluding hydrogens is 208 g/mol. The number of aromatic hydroxyl groups is 1. The van der Waals surface area contributed by atoms with Gasteiger partial charge < -0.3 is 20.4 Å². The van der Waals surface area contributed by atoms with Crippen molar-refractivity contribution in [1.29, 1.82) is 0 Å². The highest BCUT2D eigenvalue weighted by Crippen LogP contribution is 2.22. The molecule has 0 amide bonds. The predicted octanol–water partition coefficient (Wildman–Crippen LogP) is 0.639. The van der Waals surface area contributed by atoms with Crippen LogP contribution < -0.4 is 0 Å². The zero-order chi connectivity index (χ0) is 12.1. The van der Waals surface area contributed by atoms with E-state index in [0.29, 0.717) is 11.1 Å². The SMILES string of the molecule is CC(O)C(O)/C=C/c1cccc(O)c1CO. The molecule has 0 spiro atoms. The van der Waals surface area contributed by atoms with Crippen molar-refractivity contribution in [2.24, 2.45) is 0 Å². The van der Waals surface area contributed by atoms with Gasteiger partial charge in [-0.2, -0.15) is 0 Å². The lowest BCUT2D eigenvalue weighted by atomic mass is 10.1. The molecule has 1 aromatic rings. The van der Waals surface area contributed by atoms with Crippen LogP contribution in [0.2, 0.25) is 0 Å². The molecule has 1 rings (SSSR count). The largest absolute Gasteiger partial charge is 0.508 e. The summed E-state index contributed by atoms with van der Waals surface area (Å²) >= 11 is 0. The molecule has 0 aliphatic heterocycles. The summed E-state index contributed by atoms with van der Waals surface area (Å²) in [4.78, 5) is 0. The topological polar surface area (TPSA) is 80.9 Å². The Balaban J connectivity index is 2.93. The molecule has 0 saturated heterocycles. The van der Waals surface area contributed by atoms with Crippen LogP contribution >= 0.6 is 0 Å². The second-order valence-corrected chi connectivity index (χ2v) is 3.59. The molecule has 0 heterocycles. The monoisotopic (exact) mass is 224 g/mol. The van der Waals surface area contributed by atoms with Gasteiger partial charge in [-0.3, -0.25) is 0 Å². The number of hydrogen-bond donors (Lipinski definition) is 4. The number of benzene rings is 1. The van der Waals surface area contributed by atoms with E-state index >= 15 is 0 Å². The van der Waals surface area contributed by atoms with Gasteiger partial charge in [-0.25, -0.2) is 0 Å². The van der Waals surface area contributed by atoms with E-state index in [1.807, 2.05) is 0 Å². The Morgan fingerprint density at radius 3 is 2.56 bits per heavy atom. The second-order valence-electron chi connectivity index (χ2n) is 3.59. The van der Waals surface area contributed by atoms with Crippen molar-refractivity contribution in [3.05, 3.63) is 35.4 Å². The van der Waals surface area contributed by atoms with Crippen LogP contribution in [0.4, 0.5) is 0 Å². The summed E-state index contributed by atoms with van der Waals surface area (Å²) < 4.78 is 0. The summed E-state index contributed by atoms with van der Waals surface area (Å²) in [5, 5.41) is 37.0. The lowest BCUT2D eigenvalue weighted by Gasteiger charge is -2.09. The van der Waals surface area contributed by atoms with Gasteiger partial charge in [-0.1, -0.05) is 24.3 Å². The van der Waals surface area contributed by atoms with Gasteiger partial charge in [0.2, 0.25) is 0 Å². The Morgan fingerprint density at radius 2 is 2.00 bits per heavy atom. The summed E-state index contributed by atoms with van der Waals surface area (Å²) in [5.74, 6) is 0.0104. The van der Waals surface area contributed by atoms with Crippen molar-refractivity contribution in [3.63, 3.8) is 0 Å². The lowest BCUT2D eigenvalue weighted by Crippen LogP contribution is -2.19. The number of phenols is 1. The first-order valence-electron chi connectivity index (χ1n) is 5.02. The molecule has 4 nitrogen and oxygen atoms in total. The molecule has 88 valence electrons. The maximum Gasteiger partial charge on any atom is 0.121 e. The Kier molecular flexibility index (Phi) is 4.49. The van der Waals surface area contributed by atoms with E-state index in [2.05, 4.69) is 0 Å². The fraction of sp³-hybridized carbons (Fsp3) is 0.333. The molecule has 0 fully saturated rings. The third-order valence-corrected chi connectivity index (χ3v) is 2.31. The van der Waals surface area contributed by atoms with Crippen LogP contribution in [0, 0.1) is 0 Å². The molecule has 0 aromatic heterocycles. The Bertz CT molecular complexity index is 371. The summed E-state index contributed by atoms with van der Waals surface area (Å²) in [6, 6.07) is 4.83. The maximum atomic E-state index is 9.46. The smallest absolute Gasteiger partial charge is 0.121 e. The Labute approximate surface area is 94.1 Å². The molecule has 0 aliphatic carbocycles. The summed E-state index contributed by atoms with van der Waals surface area (Å²) in [6.45, 7) is 1.20. The molecule has 0 bridgehead atoms. The lowest BCUT2D eigenvalue weighted by molar-refractivity contribution is 0.0624. The molecule has 0 radical (unpaired) electrons. The zero-order valence-electron chi connectivity index (χ0n) is 9.04. The van der Waals surface area contributed by atoms with E-state index in [-0.39, 0.29) is 12.4 Å². The standard InChI is InChI=1S/C12H16O4/c1-8(14)11(15)6-5-9-3-2-4-12(16)10(9)7-13/h2-6,8,11,13-16H,7H2,1H3/b6-5+. The van der Waals surface area contributed by atoms with Gasteiger partial charge in [-0.05, 0) is 18.6 Å². The van der Waals surface area contributed by atoms with Gasteiger partial charge >= 0.3 is 0 Å². The van der Waals surface area contributed by atoms with E-state index in [0.717, 1.165) is 0 Å². The number of hydrogen-bond acceptors (Lipinski definition) is 4. The first-order chi connectivity index (χ1) is 7.56. The third-order valence-electron chi connectivity index (χ3n) is 2.31. The van der Waals surface area contributed by atoms with Crippen molar-refractivity contribution >= 4 is 6.08 Å². The van der Waals surface area contributed by atoms with E-state index in [4.69, 9.17) is 10.2 Å². The molecule has 2 unspecified atom stereocenters. The second kappa shape index (κ2) is 5.65. The van der Waals surface area contributed by atoms with Crippen LogP contribution in [0.5, 0.6) is 5.75 Å². The van der Waals surface area contributed by atoms with Gasteiger partial charge in [0, 0.05) is 5.56 Å². The van der Waals surface area contributed by atoms with E-state index < -0.39 is 12.2 Å². The van der Waals surface area contributed by atoms with Gasteiger partial charge in [0.1, 0.15) is 5.75 Å². The van der Waals surface area contributed by atoms with E-state index in [1.165, 1.54) is 19.1 Å². The summed E-state index contributed by atoms with van der Waals surface area (Å²) in [5.41, 5.74) is 1.01. The quantitative estimate of drug-likeness (QED) is 0.605. The first kappa shape index (κ1) is 12.7. The molecule has 4 N–H and O–H groups in total. The number of aliphatic hydroxyl groups is 3. The highest BCUT2D eigenvalue weighted by Gasteiger charge is 2.07. The van der Waals surface area contributed by atoms with Crippen LogP contribution in [0.3, 0.4) is 0 Å². The van der Waals surface area contributed by atoms with Crippen LogP contribution in [-0.2, 0) is 6.61 Å². The highest BCUT2D eigenvalue weighted by atomic mass is 16.3. The van der Waals surface area contributed by atoms with Crippen LogP contribution in [0.25, 0.3) is 6.08 Å². The Hall–Kier alpha value is -1.36. The van der Waals surface area contributed by atoms with Crippen molar-refractivity contribution in [2.75, 3.05) is 0 Å². The molecule has 0 aliphatic rings. The van der Waals surface area contributed by atoms with E-state index in [9.17, 15) is 10.2 Å². The predicted molar refractivity (Wildman–Crippen MR) is 60.8 cm³/mol. The fourth-order valence-electron chi connectivity index (χ4n) is 1.28. The fourth-order valence-corrected chi connectivity index (χ4v) is 1.28. The molecule has 2 atom stereocenters. The first-order valence-corrected chi connectivity index (χ1v) is 5.02. The van der Waals surface area contributed by atoms with Crippen molar-refractivity contribution in [1.82, 2.24) is 0 Å². The summed E-state index contributed by atoms with van der Waals surface area (Å²) in [7, 11) is 0. The van der Waals surface area contributed by atoms with Crippen LogP contribution in [0.15, 0.2) is 24.3 Å². The van der Waals surface area contributed by atoms with E-state index in [1.54, 1.807) is 18.2 Å². The van der Waals surface area contributed by atoms with Gasteiger partial charge in [0.25, 0.3) is 0 Å². The van der Waals surface area contributed by atoms with Gasteiger partial charge in [0.15, 0.2) is 0 Å². The minimum Gasteiger partial charge on any atom is -0.508 e. The van der Waals surface area contributed by atoms with Crippen molar-refractivity contribution in [2.45, 2.75) is 25.7 Å². The average Bonchev–Trinajstić information content (AvgIpc) is 2.25. The Morgan fingerprint density at radius 1 is 1.31 bits per heavy atom. The van der Waals surface area contributed by atoms with Crippen LogP contribution in [0.1, 0.15) is 18.1 Å². The molecule has 4 heteroatoms. The van der Waals surface area contributed by atoms with Gasteiger partial charge in [-0.15, -0.1) is 0 Å². The zero-order valence-corrected chi connectivity index (χ0v) is 9.04. The normalized spacial score (nSPS) is 15.2. The van der Waals surface area contributed by atoms with Crippen molar-refractivity contribution in [3.8, 4) is 5.75 Å². The average molecular weight is 224 g/mol. The molecule has 16 heavy (non-hydrogen) atoms. The highest BCUT2D eigenvalue weighted by molar-refractivity contribution is 5.57. The molecule has 1 aromatic carbocycles. The number of aliphatic hydroxyl groups excluding tert-OH is 3. The molecular formula is C12H16O4. The number of rotatable bonds is 4. The maximum absolute atomic E-state index is 9.46. The van der Waals surface area contributed by atoms with Crippen LogP contribution in [-0.4, -0.2) is 32.6 Å².